The molecule has 0 aliphatic carbocycles. The molecule has 3 heteroatoms. The number of rotatable bonds is 3. The van der Waals surface area contributed by atoms with Crippen molar-refractivity contribution in [2.45, 2.75) is 46.6 Å². The van der Waals surface area contributed by atoms with Crippen molar-refractivity contribution in [3.05, 3.63) is 0 Å². The Morgan fingerprint density at radius 1 is 1.33 bits per heavy atom. The lowest BCUT2D eigenvalue weighted by Gasteiger charge is -2.32. The second-order valence-corrected chi connectivity index (χ2v) is 5.72. The quantitative estimate of drug-likeness (QED) is 0.705. The Hall–Kier alpha value is -0.730. The van der Waals surface area contributed by atoms with Gasteiger partial charge in [0.15, 0.2) is 0 Å². The fourth-order valence-corrected chi connectivity index (χ4v) is 2.19. The topological polar surface area (TPSA) is 23.6 Å². The third-order valence-corrected chi connectivity index (χ3v) is 3.01. The van der Waals surface area contributed by atoms with Crippen molar-refractivity contribution in [2.75, 3.05) is 20.1 Å². The molecular formula is C12H24N2O. The van der Waals surface area contributed by atoms with Crippen LogP contribution in [0.5, 0.6) is 0 Å². The summed E-state index contributed by atoms with van der Waals surface area (Å²) in [6.07, 6.45) is 2.14. The summed E-state index contributed by atoms with van der Waals surface area (Å²) in [5.74, 6) is 0. The van der Waals surface area contributed by atoms with Crippen molar-refractivity contribution < 1.29 is 4.79 Å². The predicted octanol–water partition coefficient (Wildman–Crippen LogP) is 2.57. The molecule has 1 heterocycles. The third-order valence-electron chi connectivity index (χ3n) is 3.01. The van der Waals surface area contributed by atoms with Gasteiger partial charge in [0.05, 0.1) is 0 Å². The molecule has 0 saturated carbocycles. The van der Waals surface area contributed by atoms with Crippen LogP contribution >= 0.6 is 0 Å². The second kappa shape index (κ2) is 4.42. The average molecular weight is 212 g/mol. The first-order valence-corrected chi connectivity index (χ1v) is 5.87. The summed E-state index contributed by atoms with van der Waals surface area (Å²) in [7, 11) is 1.88. The van der Waals surface area contributed by atoms with E-state index in [4.69, 9.17) is 0 Å². The molecule has 1 fully saturated rings. The predicted molar refractivity (Wildman–Crippen MR) is 62.9 cm³/mol. The molecule has 2 amide bonds. The van der Waals surface area contributed by atoms with Crippen LogP contribution in [0.2, 0.25) is 0 Å². The van der Waals surface area contributed by atoms with Gasteiger partial charge in [0.25, 0.3) is 0 Å². The highest BCUT2D eigenvalue weighted by Gasteiger charge is 2.32. The summed E-state index contributed by atoms with van der Waals surface area (Å²) < 4.78 is 0. The molecule has 0 aromatic rings. The van der Waals surface area contributed by atoms with Crippen molar-refractivity contribution in [1.29, 1.82) is 0 Å². The van der Waals surface area contributed by atoms with E-state index in [0.29, 0.717) is 11.5 Å². The first-order chi connectivity index (χ1) is 6.85. The molecule has 88 valence electrons. The Kier molecular flexibility index (Phi) is 3.63. The van der Waals surface area contributed by atoms with Gasteiger partial charge in [-0.1, -0.05) is 27.7 Å². The highest BCUT2D eigenvalue weighted by atomic mass is 16.2. The summed E-state index contributed by atoms with van der Waals surface area (Å²) in [5.41, 5.74) is 0.294. The van der Waals surface area contributed by atoms with Gasteiger partial charge >= 0.3 is 6.03 Å². The Labute approximate surface area is 93.4 Å². The number of nitrogens with zero attached hydrogens (tertiary/aromatic N) is 2. The van der Waals surface area contributed by atoms with E-state index in [1.54, 1.807) is 0 Å². The van der Waals surface area contributed by atoms with Crippen molar-refractivity contribution >= 4 is 6.03 Å². The molecule has 1 unspecified atom stereocenters. The number of amides is 2. The lowest BCUT2D eigenvalue weighted by Crippen LogP contribution is -2.40. The lowest BCUT2D eigenvalue weighted by molar-refractivity contribution is 0.160. The Balaban J connectivity index is 2.63. The van der Waals surface area contributed by atoms with E-state index in [9.17, 15) is 4.79 Å². The summed E-state index contributed by atoms with van der Waals surface area (Å²) >= 11 is 0. The van der Waals surface area contributed by atoms with E-state index in [0.717, 1.165) is 25.9 Å². The van der Waals surface area contributed by atoms with Crippen molar-refractivity contribution in [3.8, 4) is 0 Å². The minimum Gasteiger partial charge on any atom is -0.326 e. The zero-order chi connectivity index (χ0) is 11.6. The summed E-state index contributed by atoms with van der Waals surface area (Å²) in [5, 5.41) is 0. The van der Waals surface area contributed by atoms with Crippen LogP contribution in [-0.2, 0) is 0 Å². The first kappa shape index (κ1) is 12.3. The number of hydrogen-bond donors (Lipinski definition) is 0. The van der Waals surface area contributed by atoms with Crippen LogP contribution < -0.4 is 0 Å². The van der Waals surface area contributed by atoms with Gasteiger partial charge in [-0.25, -0.2) is 4.79 Å². The largest absolute Gasteiger partial charge is 0.326 e. The molecule has 0 aromatic carbocycles. The van der Waals surface area contributed by atoms with E-state index in [1.165, 1.54) is 0 Å². The van der Waals surface area contributed by atoms with Gasteiger partial charge in [-0.3, -0.25) is 0 Å². The lowest BCUT2D eigenvalue weighted by atomic mass is 9.86. The average Bonchev–Trinajstić information content (AvgIpc) is 2.43. The van der Waals surface area contributed by atoms with E-state index < -0.39 is 0 Å². The molecule has 1 aliphatic heterocycles. The molecule has 0 bridgehead atoms. The van der Waals surface area contributed by atoms with Crippen LogP contribution in [0.4, 0.5) is 4.79 Å². The van der Waals surface area contributed by atoms with Crippen molar-refractivity contribution in [3.63, 3.8) is 0 Å². The van der Waals surface area contributed by atoms with Gasteiger partial charge in [0.2, 0.25) is 0 Å². The monoisotopic (exact) mass is 212 g/mol. The summed E-state index contributed by atoms with van der Waals surface area (Å²) in [6.45, 7) is 10.6. The normalized spacial score (nSPS) is 19.9. The Bertz CT molecular complexity index is 232. The molecule has 3 nitrogen and oxygen atoms in total. The van der Waals surface area contributed by atoms with Gasteiger partial charge in [-0.15, -0.1) is 0 Å². The number of hydrogen-bond acceptors (Lipinski definition) is 1. The SMILES string of the molecule is CCC(CC(C)(C)C)N1CCN(C)C1=O. The van der Waals surface area contributed by atoms with Gasteiger partial charge < -0.3 is 9.80 Å². The molecule has 0 radical (unpaired) electrons. The van der Waals surface area contributed by atoms with Crippen LogP contribution in [0.25, 0.3) is 0 Å². The smallest absolute Gasteiger partial charge is 0.320 e. The number of likely N-dealkylation sites (N-methyl/N-ethyl adjacent to an activating group) is 1. The van der Waals surface area contributed by atoms with Crippen LogP contribution in [0.1, 0.15) is 40.5 Å². The zero-order valence-corrected chi connectivity index (χ0v) is 10.7. The number of carbonyl (C=O) groups is 1. The van der Waals surface area contributed by atoms with Gasteiger partial charge in [-0.05, 0) is 18.3 Å². The Morgan fingerprint density at radius 2 is 1.93 bits per heavy atom. The summed E-state index contributed by atoms with van der Waals surface area (Å²) in [6, 6.07) is 0.605. The molecule has 1 saturated heterocycles. The second-order valence-electron chi connectivity index (χ2n) is 5.72. The summed E-state index contributed by atoms with van der Waals surface area (Å²) in [4.78, 5) is 15.7. The zero-order valence-electron chi connectivity index (χ0n) is 10.7. The molecule has 1 atom stereocenters. The molecular weight excluding hydrogens is 188 g/mol. The molecule has 1 rings (SSSR count). The fraction of sp³-hybridized carbons (Fsp3) is 0.917. The maximum atomic E-state index is 11.8. The number of urea groups is 1. The molecule has 0 spiro atoms. The van der Waals surface area contributed by atoms with E-state index in [-0.39, 0.29) is 6.03 Å². The van der Waals surface area contributed by atoms with Crippen molar-refractivity contribution in [1.82, 2.24) is 9.80 Å². The highest BCUT2D eigenvalue weighted by Crippen LogP contribution is 2.27. The molecule has 15 heavy (non-hydrogen) atoms. The minimum atomic E-state index is 0.200. The third kappa shape index (κ3) is 3.11. The number of carbonyl (C=O) groups excluding carboxylic acids is 1. The molecule has 0 aromatic heterocycles. The van der Waals surface area contributed by atoms with Crippen molar-refractivity contribution in [2.24, 2.45) is 5.41 Å². The van der Waals surface area contributed by atoms with E-state index >= 15 is 0 Å². The van der Waals surface area contributed by atoms with Gasteiger partial charge in [-0.2, -0.15) is 0 Å². The van der Waals surface area contributed by atoms with Gasteiger partial charge in [0, 0.05) is 26.2 Å². The van der Waals surface area contributed by atoms with Crippen LogP contribution in [0, 0.1) is 5.41 Å². The highest BCUT2D eigenvalue weighted by molar-refractivity contribution is 5.76. The molecule has 0 N–H and O–H groups in total. The van der Waals surface area contributed by atoms with Crippen LogP contribution in [0.3, 0.4) is 0 Å². The van der Waals surface area contributed by atoms with Gasteiger partial charge in [0.1, 0.15) is 0 Å². The maximum absolute atomic E-state index is 11.8. The van der Waals surface area contributed by atoms with E-state index in [1.807, 2.05) is 16.8 Å². The first-order valence-electron chi connectivity index (χ1n) is 5.87. The Morgan fingerprint density at radius 3 is 2.27 bits per heavy atom. The maximum Gasteiger partial charge on any atom is 0.320 e. The fourth-order valence-electron chi connectivity index (χ4n) is 2.19. The van der Waals surface area contributed by atoms with Crippen LogP contribution in [0.15, 0.2) is 0 Å². The minimum absolute atomic E-state index is 0.200. The van der Waals surface area contributed by atoms with Crippen LogP contribution in [-0.4, -0.2) is 42.0 Å². The molecule has 1 aliphatic rings. The standard InChI is InChI=1S/C12H24N2O/c1-6-10(9-12(2,3)4)14-8-7-13(5)11(14)15/h10H,6-9H2,1-5H3. The van der Waals surface area contributed by atoms with E-state index in [2.05, 4.69) is 27.7 Å².